The van der Waals surface area contributed by atoms with Crippen molar-refractivity contribution in [1.29, 1.82) is 0 Å². The van der Waals surface area contributed by atoms with Crippen LogP contribution >= 0.6 is 15.9 Å². The molecule has 9 heteroatoms. The zero-order chi connectivity index (χ0) is 31.8. The van der Waals surface area contributed by atoms with Crippen molar-refractivity contribution in [1.82, 2.24) is 10.2 Å². The molecule has 0 aromatic heterocycles. The van der Waals surface area contributed by atoms with Crippen molar-refractivity contribution in [3.05, 3.63) is 130 Å². The van der Waals surface area contributed by atoms with Crippen LogP contribution in [0.1, 0.15) is 42.4 Å². The second kappa shape index (κ2) is 14.9. The number of carbonyl (C=O) groups excluding carboxylic acids is 2. The van der Waals surface area contributed by atoms with Crippen molar-refractivity contribution in [3.8, 4) is 0 Å². The number of anilines is 1. The third-order valence-corrected chi connectivity index (χ3v) is 10.4. The summed E-state index contributed by atoms with van der Waals surface area (Å²) < 4.78 is 30.0. The fourth-order valence-electron chi connectivity index (χ4n) is 5.69. The lowest BCUT2D eigenvalue weighted by Crippen LogP contribution is -2.54. The molecule has 0 spiro atoms. The summed E-state index contributed by atoms with van der Waals surface area (Å²) in [5.74, 6) is -0.705. The van der Waals surface area contributed by atoms with Crippen molar-refractivity contribution in [2.45, 2.75) is 62.6 Å². The van der Waals surface area contributed by atoms with Gasteiger partial charge in [0.25, 0.3) is 10.0 Å². The molecule has 4 aromatic carbocycles. The molecule has 1 aliphatic rings. The summed E-state index contributed by atoms with van der Waals surface area (Å²) in [5, 5.41) is 3.21. The van der Waals surface area contributed by atoms with E-state index in [1.54, 1.807) is 47.4 Å². The van der Waals surface area contributed by atoms with E-state index >= 15 is 0 Å². The van der Waals surface area contributed by atoms with Gasteiger partial charge in [-0.2, -0.15) is 0 Å². The number of carbonyl (C=O) groups is 2. The number of nitrogens with zero attached hydrogens (tertiary/aromatic N) is 2. The van der Waals surface area contributed by atoms with Crippen LogP contribution in [-0.2, 0) is 32.6 Å². The number of benzene rings is 4. The van der Waals surface area contributed by atoms with Crippen LogP contribution in [0.2, 0.25) is 0 Å². The highest BCUT2D eigenvalue weighted by atomic mass is 79.9. The fraction of sp³-hybridized carbons (Fsp3) is 0.278. The molecular formula is C36H38BrN3O4S. The maximum atomic E-state index is 14.6. The van der Waals surface area contributed by atoms with Crippen LogP contribution in [-0.4, -0.2) is 43.8 Å². The second-order valence-corrected chi connectivity index (χ2v) is 14.3. The minimum atomic E-state index is -4.14. The molecule has 1 unspecified atom stereocenters. The van der Waals surface area contributed by atoms with Gasteiger partial charge in [0.1, 0.15) is 12.6 Å². The fourth-order valence-corrected chi connectivity index (χ4v) is 7.51. The van der Waals surface area contributed by atoms with Crippen LogP contribution in [0.3, 0.4) is 0 Å². The Labute approximate surface area is 274 Å². The number of amides is 2. The SMILES string of the molecule is Cc1ccc(CN(C(=O)CN(c2cccc(Br)c2)S(=O)(=O)c2ccccc2)C(Cc2ccccc2)C(=O)NC2CCCC2)cc1. The van der Waals surface area contributed by atoms with E-state index in [1.165, 1.54) is 12.1 Å². The summed E-state index contributed by atoms with van der Waals surface area (Å²) in [6, 6.07) is 31.6. The van der Waals surface area contributed by atoms with E-state index in [0.29, 0.717) is 16.6 Å². The van der Waals surface area contributed by atoms with Crippen molar-refractivity contribution >= 4 is 43.5 Å². The third-order valence-electron chi connectivity index (χ3n) is 8.15. The van der Waals surface area contributed by atoms with Gasteiger partial charge in [0.05, 0.1) is 10.6 Å². The Kier molecular flexibility index (Phi) is 10.7. The van der Waals surface area contributed by atoms with Crippen LogP contribution in [0, 0.1) is 6.92 Å². The van der Waals surface area contributed by atoms with Gasteiger partial charge in [-0.05, 0) is 61.2 Å². The van der Waals surface area contributed by atoms with Crippen LogP contribution < -0.4 is 9.62 Å². The molecule has 0 saturated heterocycles. The molecule has 1 saturated carbocycles. The Morgan fingerprint density at radius 1 is 0.844 bits per heavy atom. The van der Waals surface area contributed by atoms with Crippen LogP contribution in [0.5, 0.6) is 0 Å². The Balaban J connectivity index is 1.56. The molecule has 45 heavy (non-hydrogen) atoms. The number of nitrogens with one attached hydrogen (secondary N) is 1. The first-order chi connectivity index (χ1) is 21.7. The molecular weight excluding hydrogens is 650 g/mol. The molecule has 2 amide bonds. The average Bonchev–Trinajstić information content (AvgIpc) is 3.56. The molecule has 234 valence electrons. The van der Waals surface area contributed by atoms with Gasteiger partial charge in [0.15, 0.2) is 0 Å². The first-order valence-electron chi connectivity index (χ1n) is 15.2. The van der Waals surface area contributed by atoms with Gasteiger partial charge in [0, 0.05) is 23.5 Å². The lowest BCUT2D eigenvalue weighted by molar-refractivity contribution is -0.140. The van der Waals surface area contributed by atoms with Gasteiger partial charge in [-0.25, -0.2) is 8.42 Å². The Morgan fingerprint density at radius 3 is 2.13 bits per heavy atom. The first kappa shape index (κ1) is 32.4. The van der Waals surface area contributed by atoms with Gasteiger partial charge in [-0.15, -0.1) is 0 Å². The van der Waals surface area contributed by atoms with Gasteiger partial charge >= 0.3 is 0 Å². The van der Waals surface area contributed by atoms with Gasteiger partial charge < -0.3 is 10.2 Å². The first-order valence-corrected chi connectivity index (χ1v) is 17.5. The second-order valence-electron chi connectivity index (χ2n) is 11.5. The smallest absolute Gasteiger partial charge is 0.264 e. The average molecular weight is 689 g/mol. The number of hydrogen-bond donors (Lipinski definition) is 1. The summed E-state index contributed by atoms with van der Waals surface area (Å²) in [5.41, 5.74) is 3.17. The van der Waals surface area contributed by atoms with E-state index in [9.17, 15) is 18.0 Å². The standard InChI is InChI=1S/C36H38BrN3O4S/c1-27-19-21-29(22-20-27)25-39(34(23-28-11-4-2-5-12-28)36(42)38-31-14-8-9-15-31)35(41)26-40(32-16-10-13-30(37)24-32)45(43,44)33-17-6-3-7-18-33/h2-7,10-13,16-22,24,31,34H,8-9,14-15,23,25-26H2,1H3,(H,38,42). The highest BCUT2D eigenvalue weighted by Crippen LogP contribution is 2.27. The monoisotopic (exact) mass is 687 g/mol. The molecule has 5 rings (SSSR count). The molecule has 1 aliphatic carbocycles. The predicted octanol–water partition coefficient (Wildman–Crippen LogP) is 6.65. The normalized spacial score (nSPS) is 14.1. The Morgan fingerprint density at radius 2 is 1.49 bits per heavy atom. The number of rotatable bonds is 12. The topological polar surface area (TPSA) is 86.8 Å². The van der Waals surface area contributed by atoms with Crippen LogP contribution in [0.15, 0.2) is 119 Å². The summed E-state index contributed by atoms with van der Waals surface area (Å²) in [6.45, 7) is 1.65. The Hall–Kier alpha value is -3.95. The maximum absolute atomic E-state index is 14.6. The van der Waals surface area contributed by atoms with E-state index in [-0.39, 0.29) is 23.4 Å². The number of halogens is 1. The molecule has 0 aliphatic heterocycles. The molecule has 0 bridgehead atoms. The predicted molar refractivity (Wildman–Crippen MR) is 181 cm³/mol. The van der Waals surface area contributed by atoms with Gasteiger partial charge in [0.2, 0.25) is 11.8 Å². The maximum Gasteiger partial charge on any atom is 0.264 e. The zero-order valence-electron chi connectivity index (χ0n) is 25.3. The number of hydrogen-bond acceptors (Lipinski definition) is 4. The summed E-state index contributed by atoms with van der Waals surface area (Å²) >= 11 is 3.45. The van der Waals surface area contributed by atoms with Crippen LogP contribution in [0.25, 0.3) is 0 Å². The number of aryl methyl sites for hydroxylation is 1. The Bertz CT molecular complexity index is 1690. The van der Waals surface area contributed by atoms with Crippen molar-refractivity contribution in [3.63, 3.8) is 0 Å². The molecule has 4 aromatic rings. The van der Waals surface area contributed by atoms with Crippen molar-refractivity contribution in [2.75, 3.05) is 10.8 Å². The van der Waals surface area contributed by atoms with E-state index < -0.39 is 28.5 Å². The van der Waals surface area contributed by atoms with E-state index in [0.717, 1.165) is 46.7 Å². The molecule has 1 atom stereocenters. The lowest BCUT2D eigenvalue weighted by Gasteiger charge is -2.34. The zero-order valence-corrected chi connectivity index (χ0v) is 27.7. The highest BCUT2D eigenvalue weighted by Gasteiger charge is 2.35. The largest absolute Gasteiger partial charge is 0.352 e. The minimum Gasteiger partial charge on any atom is -0.352 e. The summed E-state index contributed by atoms with van der Waals surface area (Å²) in [4.78, 5) is 30.3. The van der Waals surface area contributed by atoms with Gasteiger partial charge in [-0.1, -0.05) is 113 Å². The number of sulfonamides is 1. The molecule has 1 N–H and O–H groups in total. The minimum absolute atomic E-state index is 0.0590. The molecule has 0 heterocycles. The lowest BCUT2D eigenvalue weighted by atomic mass is 10.0. The molecule has 1 fully saturated rings. The van der Waals surface area contributed by atoms with Gasteiger partial charge in [-0.3, -0.25) is 13.9 Å². The van der Waals surface area contributed by atoms with Crippen molar-refractivity contribution in [2.24, 2.45) is 0 Å². The summed E-state index contributed by atoms with van der Waals surface area (Å²) in [6.07, 6.45) is 4.21. The highest BCUT2D eigenvalue weighted by molar-refractivity contribution is 9.10. The third kappa shape index (κ3) is 8.41. The van der Waals surface area contributed by atoms with E-state index in [1.807, 2.05) is 61.5 Å². The van der Waals surface area contributed by atoms with E-state index in [4.69, 9.17) is 0 Å². The molecule has 7 nitrogen and oxygen atoms in total. The quantitative estimate of drug-likeness (QED) is 0.181. The molecule has 0 radical (unpaired) electrons. The summed E-state index contributed by atoms with van der Waals surface area (Å²) in [7, 11) is -4.14. The van der Waals surface area contributed by atoms with Crippen LogP contribution in [0.4, 0.5) is 5.69 Å². The van der Waals surface area contributed by atoms with Crippen molar-refractivity contribution < 1.29 is 18.0 Å². The van der Waals surface area contributed by atoms with E-state index in [2.05, 4.69) is 21.2 Å².